The van der Waals surface area contributed by atoms with Crippen LogP contribution >= 0.6 is 23.2 Å². The van der Waals surface area contributed by atoms with E-state index in [-0.39, 0.29) is 22.7 Å². The number of aromatic nitrogens is 2. The number of hydrogen-bond acceptors (Lipinski definition) is 4. The van der Waals surface area contributed by atoms with Gasteiger partial charge in [-0.25, -0.2) is 4.68 Å². The monoisotopic (exact) mass is 362 g/mol. The Labute approximate surface area is 147 Å². The van der Waals surface area contributed by atoms with Gasteiger partial charge in [-0.1, -0.05) is 23.2 Å². The van der Waals surface area contributed by atoms with Crippen LogP contribution in [-0.2, 0) is 0 Å². The number of phenolic OH excluding ortho intramolecular Hbond substituents is 1. The first-order chi connectivity index (χ1) is 11.5. The van der Waals surface area contributed by atoms with E-state index in [1.54, 1.807) is 31.2 Å². The Morgan fingerprint density at radius 2 is 1.71 bits per heavy atom. The number of aromatic amines is 1. The lowest BCUT2D eigenvalue weighted by Gasteiger charge is -2.00. The molecular weight excluding hydrogens is 351 g/mol. The van der Waals surface area contributed by atoms with Crippen molar-refractivity contribution in [3.63, 3.8) is 0 Å². The fraction of sp³-hybridized carbons (Fsp3) is 0.0625. The van der Waals surface area contributed by atoms with Gasteiger partial charge in [0.2, 0.25) is 0 Å². The molecule has 3 aromatic rings. The molecule has 8 heteroatoms. The summed E-state index contributed by atoms with van der Waals surface area (Å²) in [5, 5.41) is 21.5. The first-order valence-corrected chi connectivity index (χ1v) is 7.69. The number of aromatic hydroxyl groups is 1. The van der Waals surface area contributed by atoms with Crippen LogP contribution in [-0.4, -0.2) is 14.9 Å². The molecule has 6 nitrogen and oxygen atoms in total. The van der Waals surface area contributed by atoms with Gasteiger partial charge in [0.05, 0.1) is 11.4 Å². The Hall–Kier alpha value is -2.57. The lowest BCUT2D eigenvalue weighted by molar-refractivity contribution is 0.476. The number of rotatable bonds is 3. The smallest absolute Gasteiger partial charge is 0.299 e. The van der Waals surface area contributed by atoms with Crippen LogP contribution in [0.25, 0.3) is 5.69 Å². The highest BCUT2D eigenvalue weighted by Gasteiger charge is 2.12. The SMILES string of the molecule is Cc1[nH]n(-c2ccc(Cl)cc2)c(=O)c1N=Nc1cc(Cl)ccc1O. The fourth-order valence-corrected chi connectivity index (χ4v) is 2.40. The van der Waals surface area contributed by atoms with Crippen molar-refractivity contribution >= 4 is 34.6 Å². The van der Waals surface area contributed by atoms with Crippen LogP contribution in [0, 0.1) is 6.92 Å². The van der Waals surface area contributed by atoms with Crippen molar-refractivity contribution in [3.05, 3.63) is 68.6 Å². The van der Waals surface area contributed by atoms with Crippen LogP contribution in [0.3, 0.4) is 0 Å². The summed E-state index contributed by atoms with van der Waals surface area (Å²) in [5.41, 5.74) is 1.13. The van der Waals surface area contributed by atoms with Crippen molar-refractivity contribution in [2.24, 2.45) is 10.2 Å². The van der Waals surface area contributed by atoms with Crippen LogP contribution in [0.15, 0.2) is 57.5 Å². The number of H-pyrrole nitrogens is 1. The van der Waals surface area contributed by atoms with Gasteiger partial charge in [-0.15, -0.1) is 10.2 Å². The maximum Gasteiger partial charge on any atom is 0.299 e. The standard InChI is InChI=1S/C16H12Cl2N4O2/c1-9-15(20-19-13-8-11(18)4-7-14(13)23)16(24)22(21-9)12-5-2-10(17)3-6-12/h2-8,21,23H,1H3. The Kier molecular flexibility index (Phi) is 4.42. The molecule has 0 saturated carbocycles. The normalized spacial score (nSPS) is 11.3. The molecule has 1 aromatic heterocycles. The Bertz CT molecular complexity index is 975. The molecule has 0 saturated heterocycles. The maximum absolute atomic E-state index is 12.5. The largest absolute Gasteiger partial charge is 0.506 e. The Morgan fingerprint density at radius 1 is 1.04 bits per heavy atom. The number of nitrogens with one attached hydrogen (secondary N) is 1. The minimum Gasteiger partial charge on any atom is -0.506 e. The average molecular weight is 363 g/mol. The van der Waals surface area contributed by atoms with E-state index in [0.717, 1.165) is 0 Å². The molecular formula is C16H12Cl2N4O2. The van der Waals surface area contributed by atoms with E-state index in [1.165, 1.54) is 22.9 Å². The number of aryl methyl sites for hydroxylation is 1. The molecule has 0 aliphatic heterocycles. The van der Waals surface area contributed by atoms with Gasteiger partial charge in [0.15, 0.2) is 5.69 Å². The summed E-state index contributed by atoms with van der Waals surface area (Å²) in [6.07, 6.45) is 0. The molecule has 0 unspecified atom stereocenters. The highest BCUT2D eigenvalue weighted by atomic mass is 35.5. The van der Waals surface area contributed by atoms with E-state index in [1.807, 2.05) is 0 Å². The van der Waals surface area contributed by atoms with Crippen molar-refractivity contribution in [3.8, 4) is 11.4 Å². The summed E-state index contributed by atoms with van der Waals surface area (Å²) >= 11 is 11.7. The molecule has 0 aliphatic rings. The average Bonchev–Trinajstić information content (AvgIpc) is 2.84. The van der Waals surface area contributed by atoms with E-state index in [0.29, 0.717) is 21.4 Å². The predicted molar refractivity (Wildman–Crippen MR) is 93.4 cm³/mol. The van der Waals surface area contributed by atoms with Gasteiger partial charge in [-0.3, -0.25) is 9.89 Å². The van der Waals surface area contributed by atoms with Crippen LogP contribution in [0.2, 0.25) is 10.0 Å². The summed E-state index contributed by atoms with van der Waals surface area (Å²) in [4.78, 5) is 12.5. The van der Waals surface area contributed by atoms with Gasteiger partial charge in [-0.05, 0) is 49.4 Å². The Morgan fingerprint density at radius 3 is 2.42 bits per heavy atom. The number of nitrogens with zero attached hydrogens (tertiary/aromatic N) is 3. The number of azo groups is 1. The topological polar surface area (TPSA) is 82.7 Å². The van der Waals surface area contributed by atoms with Crippen molar-refractivity contribution in [2.45, 2.75) is 6.92 Å². The van der Waals surface area contributed by atoms with Crippen molar-refractivity contribution < 1.29 is 5.11 Å². The Balaban J connectivity index is 2.01. The van der Waals surface area contributed by atoms with Gasteiger partial charge in [0.1, 0.15) is 11.4 Å². The zero-order valence-electron chi connectivity index (χ0n) is 12.5. The molecule has 0 bridgehead atoms. The number of hydrogen-bond donors (Lipinski definition) is 2. The zero-order chi connectivity index (χ0) is 17.3. The van der Waals surface area contributed by atoms with E-state index < -0.39 is 0 Å². The lowest BCUT2D eigenvalue weighted by atomic mass is 10.3. The zero-order valence-corrected chi connectivity index (χ0v) is 14.0. The molecule has 2 N–H and O–H groups in total. The van der Waals surface area contributed by atoms with Gasteiger partial charge < -0.3 is 5.11 Å². The minimum atomic E-state index is -0.361. The van der Waals surface area contributed by atoms with Gasteiger partial charge >= 0.3 is 0 Å². The second kappa shape index (κ2) is 6.51. The molecule has 3 rings (SSSR count). The van der Waals surface area contributed by atoms with Crippen molar-refractivity contribution in [1.29, 1.82) is 0 Å². The first kappa shape index (κ1) is 16.3. The molecule has 0 atom stereocenters. The van der Waals surface area contributed by atoms with E-state index in [4.69, 9.17) is 23.2 Å². The number of benzene rings is 2. The number of phenols is 1. The third-order valence-electron chi connectivity index (χ3n) is 3.32. The van der Waals surface area contributed by atoms with Crippen LogP contribution in [0.5, 0.6) is 5.75 Å². The van der Waals surface area contributed by atoms with Crippen LogP contribution < -0.4 is 5.56 Å². The van der Waals surface area contributed by atoms with Crippen LogP contribution in [0.1, 0.15) is 5.69 Å². The first-order valence-electron chi connectivity index (χ1n) is 6.93. The highest BCUT2D eigenvalue weighted by molar-refractivity contribution is 6.31. The van der Waals surface area contributed by atoms with E-state index >= 15 is 0 Å². The summed E-state index contributed by atoms with van der Waals surface area (Å²) in [7, 11) is 0. The molecule has 2 aromatic carbocycles. The maximum atomic E-state index is 12.5. The minimum absolute atomic E-state index is 0.0747. The van der Waals surface area contributed by atoms with Gasteiger partial charge in [-0.2, -0.15) is 0 Å². The van der Waals surface area contributed by atoms with Crippen LogP contribution in [0.4, 0.5) is 11.4 Å². The van der Waals surface area contributed by atoms with E-state index in [2.05, 4.69) is 15.3 Å². The van der Waals surface area contributed by atoms with Gasteiger partial charge in [0.25, 0.3) is 5.56 Å². The molecule has 0 fully saturated rings. The molecule has 24 heavy (non-hydrogen) atoms. The second-order valence-electron chi connectivity index (χ2n) is 5.04. The second-order valence-corrected chi connectivity index (χ2v) is 5.91. The molecule has 0 spiro atoms. The molecule has 0 amide bonds. The molecule has 1 heterocycles. The third-order valence-corrected chi connectivity index (χ3v) is 3.81. The summed E-state index contributed by atoms with van der Waals surface area (Å²) < 4.78 is 1.35. The predicted octanol–water partition coefficient (Wildman–Crippen LogP) is 4.90. The quantitative estimate of drug-likeness (QED) is 0.649. The molecule has 122 valence electrons. The highest BCUT2D eigenvalue weighted by Crippen LogP contribution is 2.30. The molecule has 0 radical (unpaired) electrons. The lowest BCUT2D eigenvalue weighted by Crippen LogP contribution is -2.13. The molecule has 0 aliphatic carbocycles. The number of halogens is 2. The van der Waals surface area contributed by atoms with Crippen molar-refractivity contribution in [2.75, 3.05) is 0 Å². The summed E-state index contributed by atoms with van der Waals surface area (Å²) in [6.45, 7) is 1.71. The summed E-state index contributed by atoms with van der Waals surface area (Å²) in [6, 6.07) is 11.2. The third kappa shape index (κ3) is 3.20. The van der Waals surface area contributed by atoms with Crippen molar-refractivity contribution in [1.82, 2.24) is 9.78 Å². The van der Waals surface area contributed by atoms with E-state index in [9.17, 15) is 9.90 Å². The van der Waals surface area contributed by atoms with Gasteiger partial charge in [0, 0.05) is 10.0 Å². The summed E-state index contributed by atoms with van der Waals surface area (Å²) in [5.74, 6) is -0.0747. The fourth-order valence-electron chi connectivity index (χ4n) is 2.11.